The van der Waals surface area contributed by atoms with E-state index < -0.39 is 5.97 Å². The molecule has 0 fully saturated rings. The smallest absolute Gasteiger partial charge is 0.310 e. The van der Waals surface area contributed by atoms with Gasteiger partial charge >= 0.3 is 5.97 Å². The van der Waals surface area contributed by atoms with Crippen molar-refractivity contribution >= 4 is 33.2 Å². The van der Waals surface area contributed by atoms with Crippen LogP contribution in [0, 0.1) is 0 Å². The van der Waals surface area contributed by atoms with Crippen molar-refractivity contribution < 1.29 is 9.90 Å². The van der Waals surface area contributed by atoms with Crippen molar-refractivity contribution in [2.45, 2.75) is 12.8 Å². The Labute approximate surface area is 110 Å². The number of halogens is 1. The molecule has 3 rings (SSSR count). The summed E-state index contributed by atoms with van der Waals surface area (Å²) in [4.78, 5) is 16.3. The fourth-order valence-electron chi connectivity index (χ4n) is 2.06. The molecule has 86 valence electrons. The van der Waals surface area contributed by atoms with Gasteiger partial charge in [-0.25, -0.2) is 4.98 Å². The first kappa shape index (κ1) is 10.9. The Balaban J connectivity index is 2.06. The molecular weight excluding hydrogens is 302 g/mol. The van der Waals surface area contributed by atoms with Gasteiger partial charge in [0, 0.05) is 21.3 Å². The van der Waals surface area contributed by atoms with Gasteiger partial charge in [-0.15, -0.1) is 11.3 Å². The molecule has 0 aliphatic heterocycles. The Bertz CT molecular complexity index is 621. The van der Waals surface area contributed by atoms with Crippen molar-refractivity contribution in [2.75, 3.05) is 0 Å². The standard InChI is InChI=1S/C12H8BrNO2S/c13-8-3-1-2-6-7(8)4-9-12(6)14-10(17-9)5-11(15)16/h1-3H,4-5H2,(H,15,16). The first-order valence-corrected chi connectivity index (χ1v) is 6.74. The van der Waals surface area contributed by atoms with Gasteiger partial charge in [-0.3, -0.25) is 4.79 Å². The zero-order chi connectivity index (χ0) is 12.0. The summed E-state index contributed by atoms with van der Waals surface area (Å²) in [5, 5.41) is 9.44. The van der Waals surface area contributed by atoms with Crippen LogP contribution in [0.25, 0.3) is 11.3 Å². The van der Waals surface area contributed by atoms with E-state index in [-0.39, 0.29) is 6.42 Å². The van der Waals surface area contributed by atoms with E-state index in [1.54, 1.807) is 0 Å². The topological polar surface area (TPSA) is 50.2 Å². The Morgan fingerprint density at radius 2 is 2.35 bits per heavy atom. The van der Waals surface area contributed by atoms with Gasteiger partial charge in [0.05, 0.1) is 12.1 Å². The lowest BCUT2D eigenvalue weighted by Gasteiger charge is -2.01. The highest BCUT2D eigenvalue weighted by molar-refractivity contribution is 9.10. The third-order valence-electron chi connectivity index (χ3n) is 2.76. The first-order valence-electron chi connectivity index (χ1n) is 5.13. The van der Waals surface area contributed by atoms with Gasteiger partial charge in [0.1, 0.15) is 5.01 Å². The molecule has 1 N–H and O–H groups in total. The average Bonchev–Trinajstić information content (AvgIpc) is 2.75. The lowest BCUT2D eigenvalue weighted by atomic mass is 10.1. The van der Waals surface area contributed by atoms with Crippen molar-refractivity contribution in [3.63, 3.8) is 0 Å². The van der Waals surface area contributed by atoms with E-state index in [0.717, 1.165) is 22.2 Å². The second-order valence-corrected chi connectivity index (χ2v) is 5.92. The minimum Gasteiger partial charge on any atom is -0.481 e. The molecule has 0 amide bonds. The number of aromatic nitrogens is 1. The van der Waals surface area contributed by atoms with Crippen LogP contribution < -0.4 is 0 Å². The summed E-state index contributed by atoms with van der Waals surface area (Å²) in [6.07, 6.45) is 0.865. The molecule has 5 heteroatoms. The molecular formula is C12H8BrNO2S. The fourth-order valence-corrected chi connectivity index (χ4v) is 3.65. The molecule has 0 unspecified atom stereocenters. The van der Waals surface area contributed by atoms with Crippen molar-refractivity contribution in [2.24, 2.45) is 0 Å². The van der Waals surface area contributed by atoms with Crippen LogP contribution in [0.5, 0.6) is 0 Å². The van der Waals surface area contributed by atoms with Gasteiger partial charge in [-0.05, 0) is 11.6 Å². The van der Waals surface area contributed by atoms with E-state index in [9.17, 15) is 4.79 Å². The second-order valence-electron chi connectivity index (χ2n) is 3.89. The molecule has 0 spiro atoms. The van der Waals surface area contributed by atoms with Gasteiger partial charge in [0.15, 0.2) is 0 Å². The minimum atomic E-state index is -0.827. The summed E-state index contributed by atoms with van der Waals surface area (Å²) in [6.45, 7) is 0. The summed E-state index contributed by atoms with van der Waals surface area (Å²) in [5.74, 6) is -0.827. The highest BCUT2D eigenvalue weighted by Gasteiger charge is 2.25. The van der Waals surface area contributed by atoms with Gasteiger partial charge in [0.25, 0.3) is 0 Å². The van der Waals surface area contributed by atoms with Crippen LogP contribution in [-0.2, 0) is 17.6 Å². The maximum absolute atomic E-state index is 10.7. The summed E-state index contributed by atoms with van der Waals surface area (Å²) < 4.78 is 1.10. The molecule has 17 heavy (non-hydrogen) atoms. The van der Waals surface area contributed by atoms with E-state index in [1.165, 1.54) is 21.8 Å². The number of carboxylic acids is 1. The van der Waals surface area contributed by atoms with Gasteiger partial charge in [-0.2, -0.15) is 0 Å². The van der Waals surface area contributed by atoms with Crippen LogP contribution in [0.15, 0.2) is 22.7 Å². The van der Waals surface area contributed by atoms with Gasteiger partial charge in [-0.1, -0.05) is 28.1 Å². The van der Waals surface area contributed by atoms with Crippen LogP contribution in [0.4, 0.5) is 0 Å². The van der Waals surface area contributed by atoms with Crippen molar-refractivity contribution in [1.82, 2.24) is 4.98 Å². The third-order valence-corrected chi connectivity index (χ3v) is 4.55. The molecule has 1 aliphatic carbocycles. The number of benzene rings is 1. The summed E-state index contributed by atoms with van der Waals surface area (Å²) in [7, 11) is 0. The molecule has 0 atom stereocenters. The second kappa shape index (κ2) is 3.92. The lowest BCUT2D eigenvalue weighted by molar-refractivity contribution is -0.136. The predicted octanol–water partition coefficient (Wildman–Crippen LogP) is 3.10. The summed E-state index contributed by atoms with van der Waals surface area (Å²) in [5.41, 5.74) is 3.34. The molecule has 0 saturated carbocycles. The Morgan fingerprint density at radius 3 is 3.12 bits per heavy atom. The molecule has 3 nitrogen and oxygen atoms in total. The summed E-state index contributed by atoms with van der Waals surface area (Å²) in [6, 6.07) is 6.04. The maximum atomic E-state index is 10.7. The number of rotatable bonds is 2. The Hall–Kier alpha value is -1.20. The van der Waals surface area contributed by atoms with Crippen molar-refractivity contribution in [1.29, 1.82) is 0 Å². The molecule has 1 aromatic carbocycles. The number of fused-ring (bicyclic) bond motifs is 3. The van der Waals surface area contributed by atoms with E-state index in [2.05, 4.69) is 20.9 Å². The minimum absolute atomic E-state index is 0.0149. The highest BCUT2D eigenvalue weighted by Crippen LogP contribution is 2.42. The fraction of sp³-hybridized carbons (Fsp3) is 0.167. The predicted molar refractivity (Wildman–Crippen MR) is 69.4 cm³/mol. The number of thiazole rings is 1. The Morgan fingerprint density at radius 1 is 1.53 bits per heavy atom. The molecule has 1 heterocycles. The average molecular weight is 310 g/mol. The summed E-state index contributed by atoms with van der Waals surface area (Å²) >= 11 is 5.04. The number of hydrogen-bond donors (Lipinski definition) is 1. The zero-order valence-electron chi connectivity index (χ0n) is 8.74. The molecule has 1 aliphatic rings. The van der Waals surface area contributed by atoms with Crippen LogP contribution in [0.3, 0.4) is 0 Å². The normalized spacial score (nSPS) is 12.3. The van der Waals surface area contributed by atoms with Crippen LogP contribution >= 0.6 is 27.3 Å². The van der Waals surface area contributed by atoms with Crippen molar-refractivity contribution in [3.05, 3.63) is 38.1 Å². The molecule has 1 aromatic heterocycles. The monoisotopic (exact) mass is 309 g/mol. The quantitative estimate of drug-likeness (QED) is 0.791. The van der Waals surface area contributed by atoms with Gasteiger partial charge in [0.2, 0.25) is 0 Å². The first-order chi connectivity index (χ1) is 8.15. The number of carboxylic acid groups (broad SMARTS) is 1. The molecule has 0 bridgehead atoms. The number of hydrogen-bond acceptors (Lipinski definition) is 3. The van der Waals surface area contributed by atoms with Crippen LogP contribution in [-0.4, -0.2) is 16.1 Å². The van der Waals surface area contributed by atoms with Crippen LogP contribution in [0.2, 0.25) is 0 Å². The molecule has 0 radical (unpaired) electrons. The SMILES string of the molecule is O=C(O)Cc1nc2c(s1)Cc1c(Br)cccc1-2. The molecule has 2 aromatic rings. The van der Waals surface area contributed by atoms with Crippen LogP contribution in [0.1, 0.15) is 15.4 Å². The number of nitrogens with zero attached hydrogens (tertiary/aromatic N) is 1. The Kier molecular flexibility index (Phi) is 2.52. The van der Waals surface area contributed by atoms with E-state index in [1.807, 2.05) is 18.2 Å². The largest absolute Gasteiger partial charge is 0.481 e. The maximum Gasteiger partial charge on any atom is 0.310 e. The number of carbonyl (C=O) groups is 1. The van der Waals surface area contributed by atoms with E-state index >= 15 is 0 Å². The highest BCUT2D eigenvalue weighted by atomic mass is 79.9. The van der Waals surface area contributed by atoms with Crippen molar-refractivity contribution in [3.8, 4) is 11.3 Å². The third kappa shape index (κ3) is 1.79. The lowest BCUT2D eigenvalue weighted by Crippen LogP contribution is -1.99. The van der Waals surface area contributed by atoms with Gasteiger partial charge < -0.3 is 5.11 Å². The number of aliphatic carboxylic acids is 1. The van der Waals surface area contributed by atoms with E-state index in [4.69, 9.17) is 5.11 Å². The molecule has 0 saturated heterocycles. The van der Waals surface area contributed by atoms with E-state index in [0.29, 0.717) is 5.01 Å². The zero-order valence-corrected chi connectivity index (χ0v) is 11.1.